The van der Waals surface area contributed by atoms with Crippen molar-refractivity contribution in [2.45, 2.75) is 18.8 Å². The van der Waals surface area contributed by atoms with Gasteiger partial charge in [0.25, 0.3) is 11.8 Å². The van der Waals surface area contributed by atoms with Crippen LogP contribution in [0, 0.1) is 0 Å². The SMILES string of the molecule is C=NN(N)c1ccc(NC(=O)c2cnn(-c3ccc4c5c(cccc35)C(=O)N4)c2C2CC2)cc1Cl. The lowest BCUT2D eigenvalue weighted by molar-refractivity contribution is 0.102. The Balaban J connectivity index is 1.39. The van der Waals surface area contributed by atoms with Crippen LogP contribution >= 0.6 is 11.6 Å². The third kappa shape index (κ3) is 3.44. The Bertz CT molecular complexity index is 1560. The van der Waals surface area contributed by atoms with Gasteiger partial charge in [0, 0.05) is 40.3 Å². The number of carbonyl (C=O) groups excluding carboxylic acids is 2. The number of hydrogen-bond donors (Lipinski definition) is 3. The molecule has 1 aromatic heterocycles. The number of benzene rings is 3. The van der Waals surface area contributed by atoms with Gasteiger partial charge >= 0.3 is 0 Å². The lowest BCUT2D eigenvalue weighted by atomic mass is 10.0. The lowest BCUT2D eigenvalue weighted by Crippen LogP contribution is -2.24. The van der Waals surface area contributed by atoms with E-state index in [0.29, 0.717) is 27.5 Å². The normalized spacial score (nSPS) is 14.2. The second-order valence-corrected chi connectivity index (χ2v) is 8.96. The summed E-state index contributed by atoms with van der Waals surface area (Å²) in [5, 5.41) is 17.2. The number of nitrogens with zero attached hydrogens (tertiary/aromatic N) is 4. The first-order valence-electron chi connectivity index (χ1n) is 11.0. The molecule has 0 saturated heterocycles. The van der Waals surface area contributed by atoms with Gasteiger partial charge in [-0.25, -0.2) is 10.5 Å². The van der Waals surface area contributed by atoms with Crippen LogP contribution in [0.3, 0.4) is 0 Å². The number of hydrogen-bond acceptors (Lipinski definition) is 6. The van der Waals surface area contributed by atoms with Gasteiger partial charge < -0.3 is 10.6 Å². The fraction of sp³-hybridized carbons (Fsp3) is 0.120. The van der Waals surface area contributed by atoms with E-state index >= 15 is 0 Å². The number of halogens is 1. The molecule has 3 aromatic carbocycles. The smallest absolute Gasteiger partial charge is 0.259 e. The van der Waals surface area contributed by atoms with Crippen LogP contribution in [0.15, 0.2) is 59.8 Å². The van der Waals surface area contributed by atoms with Gasteiger partial charge in [-0.05, 0) is 49.2 Å². The number of carbonyl (C=O) groups is 2. The highest BCUT2D eigenvalue weighted by Crippen LogP contribution is 2.44. The number of hydrazone groups is 1. The first-order valence-corrected chi connectivity index (χ1v) is 11.4. The minimum absolute atomic E-state index is 0.114. The quantitative estimate of drug-likeness (QED) is 0.208. The average Bonchev–Trinajstić information content (AvgIpc) is 3.52. The molecule has 0 atom stereocenters. The molecule has 0 radical (unpaired) electrons. The van der Waals surface area contributed by atoms with Crippen molar-refractivity contribution >= 4 is 58.0 Å². The minimum atomic E-state index is -0.281. The highest BCUT2D eigenvalue weighted by atomic mass is 35.5. The predicted octanol–water partition coefficient (Wildman–Crippen LogP) is 4.67. The zero-order valence-corrected chi connectivity index (χ0v) is 19.2. The maximum absolute atomic E-state index is 13.3. The summed E-state index contributed by atoms with van der Waals surface area (Å²) in [4.78, 5) is 25.6. The number of nitrogens with one attached hydrogen (secondary N) is 2. The number of aromatic nitrogens is 2. The fourth-order valence-corrected chi connectivity index (χ4v) is 4.85. The van der Waals surface area contributed by atoms with Gasteiger partial charge in [-0.15, -0.1) is 0 Å². The largest absolute Gasteiger partial charge is 0.322 e. The molecule has 1 aliphatic carbocycles. The Morgan fingerprint density at radius 2 is 2.09 bits per heavy atom. The van der Waals surface area contributed by atoms with Crippen molar-refractivity contribution in [2.75, 3.05) is 15.8 Å². The zero-order chi connectivity index (χ0) is 24.3. The third-order valence-electron chi connectivity index (χ3n) is 6.36. The van der Waals surface area contributed by atoms with Gasteiger partial charge in [-0.1, -0.05) is 23.7 Å². The van der Waals surface area contributed by atoms with Crippen LogP contribution < -0.4 is 21.6 Å². The van der Waals surface area contributed by atoms with Crippen LogP contribution in [0.25, 0.3) is 16.5 Å². The number of rotatable bonds is 6. The molecule has 2 amide bonds. The van der Waals surface area contributed by atoms with Crippen molar-refractivity contribution in [3.8, 4) is 5.69 Å². The van der Waals surface area contributed by atoms with Crippen LogP contribution in [0.1, 0.15) is 45.2 Å². The summed E-state index contributed by atoms with van der Waals surface area (Å²) in [6.07, 6.45) is 3.55. The van der Waals surface area contributed by atoms with E-state index in [1.807, 2.05) is 35.0 Å². The maximum atomic E-state index is 13.3. The molecule has 9 nitrogen and oxygen atoms in total. The number of hydrazine groups is 1. The molecule has 2 heterocycles. The van der Waals surface area contributed by atoms with E-state index in [1.165, 1.54) is 0 Å². The van der Waals surface area contributed by atoms with Crippen LogP contribution in [0.4, 0.5) is 17.1 Å². The summed E-state index contributed by atoms with van der Waals surface area (Å²) in [5.74, 6) is 5.56. The van der Waals surface area contributed by atoms with Crippen LogP contribution in [0.5, 0.6) is 0 Å². The molecule has 0 unspecified atom stereocenters. The summed E-state index contributed by atoms with van der Waals surface area (Å²) in [5.41, 5.74) is 4.59. The first-order chi connectivity index (χ1) is 17.0. The highest BCUT2D eigenvalue weighted by molar-refractivity contribution is 6.33. The van der Waals surface area contributed by atoms with Gasteiger partial charge in [0.15, 0.2) is 0 Å². The second kappa shape index (κ2) is 7.93. The Morgan fingerprint density at radius 3 is 2.83 bits per heavy atom. The van der Waals surface area contributed by atoms with Gasteiger partial charge in [0.1, 0.15) is 0 Å². The summed E-state index contributed by atoms with van der Waals surface area (Å²) in [6, 6.07) is 14.4. The van der Waals surface area contributed by atoms with Crippen LogP contribution in [-0.4, -0.2) is 28.3 Å². The topological polar surface area (TPSA) is 118 Å². The van der Waals surface area contributed by atoms with Crippen molar-refractivity contribution in [3.63, 3.8) is 0 Å². The van der Waals surface area contributed by atoms with Gasteiger partial charge in [-0.3, -0.25) is 9.59 Å². The second-order valence-electron chi connectivity index (χ2n) is 8.55. The summed E-state index contributed by atoms with van der Waals surface area (Å²) in [7, 11) is 0. The third-order valence-corrected chi connectivity index (χ3v) is 6.66. The van der Waals surface area contributed by atoms with E-state index in [-0.39, 0.29) is 17.7 Å². The molecular formula is C25H20ClN7O2. The van der Waals surface area contributed by atoms with Crippen molar-refractivity contribution in [3.05, 3.63) is 76.6 Å². The molecular weight excluding hydrogens is 466 g/mol. The van der Waals surface area contributed by atoms with Gasteiger partial charge in [0.05, 0.1) is 33.9 Å². The molecule has 1 saturated carbocycles. The van der Waals surface area contributed by atoms with E-state index in [0.717, 1.165) is 45.8 Å². The standard InChI is InChI=1S/C25H20ClN7O2/c1-28-33(27)21-9-7-14(11-18(21)26)30-25(35)17-12-29-32(23(17)13-5-6-13)20-10-8-19-22-15(20)3-2-4-16(22)24(34)31-19/h2-4,7-13H,1,5-6,27H2,(H,30,35)(H,31,34). The Hall–Kier alpha value is -4.21. The van der Waals surface area contributed by atoms with Crippen molar-refractivity contribution in [1.82, 2.24) is 9.78 Å². The van der Waals surface area contributed by atoms with Gasteiger partial charge in [0.2, 0.25) is 0 Å². The van der Waals surface area contributed by atoms with E-state index in [9.17, 15) is 9.59 Å². The molecule has 1 aliphatic heterocycles. The number of amides is 2. The molecule has 0 bridgehead atoms. The van der Waals surface area contributed by atoms with E-state index in [2.05, 4.69) is 27.6 Å². The predicted molar refractivity (Wildman–Crippen MR) is 137 cm³/mol. The minimum Gasteiger partial charge on any atom is -0.322 e. The molecule has 1 fully saturated rings. The molecule has 10 heteroatoms. The van der Waals surface area contributed by atoms with Crippen molar-refractivity contribution < 1.29 is 9.59 Å². The highest BCUT2D eigenvalue weighted by Gasteiger charge is 2.34. The molecule has 174 valence electrons. The Kier molecular flexibility index (Phi) is 4.84. The maximum Gasteiger partial charge on any atom is 0.259 e. The molecule has 2 aliphatic rings. The average molecular weight is 486 g/mol. The first kappa shape index (κ1) is 21.3. The number of anilines is 3. The Morgan fingerprint density at radius 1 is 1.26 bits per heavy atom. The van der Waals surface area contributed by atoms with Crippen molar-refractivity contribution in [1.29, 1.82) is 0 Å². The molecule has 4 aromatic rings. The van der Waals surface area contributed by atoms with Crippen molar-refractivity contribution in [2.24, 2.45) is 10.9 Å². The lowest BCUT2D eigenvalue weighted by Gasteiger charge is -2.15. The van der Waals surface area contributed by atoms with E-state index < -0.39 is 0 Å². The monoisotopic (exact) mass is 485 g/mol. The molecule has 35 heavy (non-hydrogen) atoms. The summed E-state index contributed by atoms with van der Waals surface area (Å²) >= 11 is 6.30. The van der Waals surface area contributed by atoms with E-state index in [4.69, 9.17) is 17.4 Å². The van der Waals surface area contributed by atoms with E-state index in [1.54, 1.807) is 24.4 Å². The summed E-state index contributed by atoms with van der Waals surface area (Å²) < 4.78 is 1.83. The Labute approximate surface area is 205 Å². The van der Waals surface area contributed by atoms with Gasteiger partial charge in [-0.2, -0.15) is 15.3 Å². The van der Waals surface area contributed by atoms with Crippen LogP contribution in [-0.2, 0) is 0 Å². The number of nitrogens with two attached hydrogens (primary N) is 1. The zero-order valence-electron chi connectivity index (χ0n) is 18.5. The fourth-order valence-electron chi connectivity index (χ4n) is 4.58. The molecule has 0 spiro atoms. The molecule has 6 rings (SSSR count). The summed E-state index contributed by atoms with van der Waals surface area (Å²) in [6.45, 7) is 3.38. The molecule has 4 N–H and O–H groups in total. The van der Waals surface area contributed by atoms with Crippen LogP contribution in [0.2, 0.25) is 5.02 Å².